The summed E-state index contributed by atoms with van der Waals surface area (Å²) in [4.78, 5) is 3.85. The molecule has 0 aliphatic carbocycles. The van der Waals surface area contributed by atoms with Gasteiger partial charge in [0.15, 0.2) is 0 Å². The molecule has 1 aromatic rings. The summed E-state index contributed by atoms with van der Waals surface area (Å²) >= 11 is 0. The second-order valence-electron chi connectivity index (χ2n) is 2.41. The predicted octanol–water partition coefficient (Wildman–Crippen LogP) is 2.12. The van der Waals surface area contributed by atoms with Crippen LogP contribution in [0.3, 0.4) is 0 Å². The molecule has 4 nitrogen and oxygen atoms in total. The zero-order chi connectivity index (χ0) is 12.8. The number of halogens is 3. The minimum atomic E-state index is -5.84. The Labute approximate surface area is 90.2 Å². The van der Waals surface area contributed by atoms with Gasteiger partial charge in [-0.15, -0.1) is 0 Å². The van der Waals surface area contributed by atoms with Gasteiger partial charge in [0.25, 0.3) is 0 Å². The molecule has 0 bridgehead atoms. The van der Waals surface area contributed by atoms with Crippen LogP contribution in [0.2, 0.25) is 0 Å². The number of rotatable bonds is 1. The van der Waals surface area contributed by atoms with Gasteiger partial charge in [-0.2, -0.15) is 21.6 Å². The van der Waals surface area contributed by atoms with Gasteiger partial charge in [0, 0.05) is 12.4 Å². The molecular weight excluding hydrogens is 247 g/mol. The van der Waals surface area contributed by atoms with Crippen LogP contribution in [0.25, 0.3) is 6.08 Å². The zero-order valence-electron chi connectivity index (χ0n) is 7.85. The van der Waals surface area contributed by atoms with Gasteiger partial charge in [0.05, 0.1) is 0 Å². The Hall–Kier alpha value is -1.41. The number of aromatic nitrogens is 1. The van der Waals surface area contributed by atoms with Crippen molar-refractivity contribution in [3.8, 4) is 0 Å². The van der Waals surface area contributed by atoms with Gasteiger partial charge in [-0.1, -0.05) is 12.7 Å². The summed E-state index contributed by atoms with van der Waals surface area (Å²) in [6.45, 7) is 3.60. The van der Waals surface area contributed by atoms with Crippen molar-refractivity contribution in [1.82, 2.24) is 4.98 Å². The van der Waals surface area contributed by atoms with Crippen molar-refractivity contribution in [1.29, 1.82) is 0 Å². The Morgan fingerprint density at radius 2 is 1.69 bits per heavy atom. The smallest absolute Gasteiger partial charge is 0.279 e. The number of hydrogen-bond donors (Lipinski definition) is 1. The molecule has 0 unspecified atom stereocenters. The lowest BCUT2D eigenvalue weighted by Gasteiger charge is -1.97. The van der Waals surface area contributed by atoms with E-state index in [1.807, 2.05) is 12.1 Å². The van der Waals surface area contributed by atoms with Gasteiger partial charge < -0.3 is 0 Å². The largest absolute Gasteiger partial charge is 0.522 e. The van der Waals surface area contributed by atoms with Crippen molar-refractivity contribution in [3.05, 3.63) is 36.7 Å². The summed E-state index contributed by atoms with van der Waals surface area (Å²) in [5, 5.41) is 0. The summed E-state index contributed by atoms with van der Waals surface area (Å²) in [5.41, 5.74) is -4.42. The van der Waals surface area contributed by atoms with Gasteiger partial charge in [-0.25, -0.2) is 0 Å². The SMILES string of the molecule is C=Cc1ccncc1.O=S(=O)(O)C(F)(F)F. The van der Waals surface area contributed by atoms with Crippen LogP contribution in [0, 0.1) is 0 Å². The Balaban J connectivity index is 0.000000281. The molecule has 0 aromatic carbocycles. The van der Waals surface area contributed by atoms with Crippen molar-refractivity contribution in [2.75, 3.05) is 0 Å². The lowest BCUT2D eigenvalue weighted by Crippen LogP contribution is -2.21. The molecule has 0 saturated heterocycles. The normalized spacial score (nSPS) is 11.2. The van der Waals surface area contributed by atoms with Crippen LogP contribution in [0.15, 0.2) is 31.1 Å². The van der Waals surface area contributed by atoms with Gasteiger partial charge in [-0.3, -0.25) is 9.54 Å². The second-order valence-corrected chi connectivity index (χ2v) is 3.82. The molecule has 0 spiro atoms. The fraction of sp³-hybridized carbons (Fsp3) is 0.125. The number of nitrogens with zero attached hydrogens (tertiary/aromatic N) is 1. The number of hydrogen-bond acceptors (Lipinski definition) is 3. The van der Waals surface area contributed by atoms with Crippen LogP contribution in [0.4, 0.5) is 13.2 Å². The third-order valence-corrected chi connectivity index (χ3v) is 1.82. The van der Waals surface area contributed by atoms with Crippen molar-refractivity contribution in [2.24, 2.45) is 0 Å². The van der Waals surface area contributed by atoms with Crippen LogP contribution in [-0.2, 0) is 10.1 Å². The molecule has 0 fully saturated rings. The fourth-order valence-corrected chi connectivity index (χ4v) is 0.500. The molecule has 0 saturated carbocycles. The average molecular weight is 255 g/mol. The van der Waals surface area contributed by atoms with Crippen LogP contribution >= 0.6 is 0 Å². The zero-order valence-corrected chi connectivity index (χ0v) is 8.66. The number of pyridine rings is 1. The van der Waals surface area contributed by atoms with Gasteiger partial charge in [0.1, 0.15) is 0 Å². The van der Waals surface area contributed by atoms with Crippen LogP contribution in [0.1, 0.15) is 5.56 Å². The highest BCUT2D eigenvalue weighted by Gasteiger charge is 2.44. The highest BCUT2D eigenvalue weighted by atomic mass is 32.2. The van der Waals surface area contributed by atoms with Crippen molar-refractivity contribution in [2.45, 2.75) is 5.51 Å². The standard InChI is InChI=1S/C7H7N.CHF3O3S/c1-2-7-3-5-8-6-4-7;2-1(3,4)8(5,6)7/h2-6H,1H2;(H,5,6,7). The van der Waals surface area contributed by atoms with Crippen molar-refractivity contribution >= 4 is 16.2 Å². The maximum atomic E-state index is 10.7. The summed E-state index contributed by atoms with van der Waals surface area (Å²) in [7, 11) is -5.84. The second kappa shape index (κ2) is 5.61. The van der Waals surface area contributed by atoms with E-state index in [-0.39, 0.29) is 0 Å². The molecule has 0 amide bonds. The molecule has 1 N–H and O–H groups in total. The summed E-state index contributed by atoms with van der Waals surface area (Å²) in [5.74, 6) is 0. The Kier molecular flexibility index (Phi) is 5.12. The van der Waals surface area contributed by atoms with E-state index in [0.29, 0.717) is 0 Å². The van der Waals surface area contributed by atoms with E-state index in [9.17, 15) is 13.2 Å². The molecule has 90 valence electrons. The fourth-order valence-electron chi connectivity index (χ4n) is 0.500. The predicted molar refractivity (Wildman–Crippen MR) is 51.9 cm³/mol. The molecule has 1 aromatic heterocycles. The first-order chi connectivity index (χ1) is 7.18. The highest BCUT2D eigenvalue weighted by Crippen LogP contribution is 2.20. The van der Waals surface area contributed by atoms with Crippen molar-refractivity contribution in [3.63, 3.8) is 0 Å². The van der Waals surface area contributed by atoms with E-state index >= 15 is 0 Å². The molecular formula is C8H8F3NO3S. The highest BCUT2D eigenvalue weighted by molar-refractivity contribution is 7.86. The maximum absolute atomic E-state index is 10.7. The molecule has 16 heavy (non-hydrogen) atoms. The molecule has 0 radical (unpaired) electrons. The Bertz CT molecular complexity index is 428. The quantitative estimate of drug-likeness (QED) is 0.616. The van der Waals surface area contributed by atoms with E-state index < -0.39 is 15.6 Å². The first-order valence-electron chi connectivity index (χ1n) is 3.74. The third kappa shape index (κ3) is 5.47. The van der Waals surface area contributed by atoms with E-state index in [4.69, 9.17) is 13.0 Å². The van der Waals surface area contributed by atoms with Gasteiger partial charge in [0.2, 0.25) is 0 Å². The molecule has 8 heteroatoms. The van der Waals surface area contributed by atoms with Gasteiger partial charge in [-0.05, 0) is 17.7 Å². The third-order valence-electron chi connectivity index (χ3n) is 1.23. The van der Waals surface area contributed by atoms with Crippen LogP contribution in [0.5, 0.6) is 0 Å². The van der Waals surface area contributed by atoms with Gasteiger partial charge >= 0.3 is 15.6 Å². The van der Waals surface area contributed by atoms with E-state index in [2.05, 4.69) is 11.6 Å². The minimum absolute atomic E-state index is 1.11. The minimum Gasteiger partial charge on any atom is -0.279 e. The lowest BCUT2D eigenvalue weighted by molar-refractivity contribution is -0.0510. The Morgan fingerprint density at radius 1 is 1.31 bits per heavy atom. The van der Waals surface area contributed by atoms with Crippen molar-refractivity contribution < 1.29 is 26.1 Å². The van der Waals surface area contributed by atoms with E-state index in [0.717, 1.165) is 5.56 Å². The number of alkyl halides is 3. The maximum Gasteiger partial charge on any atom is 0.522 e. The average Bonchev–Trinajstić information content (AvgIpc) is 2.17. The first-order valence-corrected chi connectivity index (χ1v) is 5.18. The lowest BCUT2D eigenvalue weighted by atomic mass is 10.3. The molecule has 0 atom stereocenters. The van der Waals surface area contributed by atoms with E-state index in [1.165, 1.54) is 0 Å². The van der Waals surface area contributed by atoms with Crippen LogP contribution in [-0.4, -0.2) is 23.5 Å². The monoisotopic (exact) mass is 255 g/mol. The van der Waals surface area contributed by atoms with Crippen LogP contribution < -0.4 is 0 Å². The summed E-state index contributed by atoms with van der Waals surface area (Å²) in [6.07, 6.45) is 5.29. The molecule has 1 rings (SSSR count). The molecule has 0 aliphatic rings. The summed E-state index contributed by atoms with van der Waals surface area (Å²) < 4.78 is 57.5. The molecule has 1 heterocycles. The Morgan fingerprint density at radius 3 is 1.88 bits per heavy atom. The van der Waals surface area contributed by atoms with E-state index in [1.54, 1.807) is 18.5 Å². The topological polar surface area (TPSA) is 67.3 Å². The molecule has 0 aliphatic heterocycles. The summed E-state index contributed by atoms with van der Waals surface area (Å²) in [6, 6.07) is 3.82. The first kappa shape index (κ1) is 14.6.